The van der Waals surface area contributed by atoms with Crippen molar-refractivity contribution in [2.75, 3.05) is 14.2 Å². The molecular weight excluding hydrogens is 420 g/mol. The average molecular weight is 449 g/mol. The summed E-state index contributed by atoms with van der Waals surface area (Å²) in [5.41, 5.74) is 0.940. The number of hydrogen-bond acceptors (Lipinski definition) is 6. The summed E-state index contributed by atoms with van der Waals surface area (Å²) in [6, 6.07) is 13.0. The third-order valence-corrected chi connectivity index (χ3v) is 6.03. The summed E-state index contributed by atoms with van der Waals surface area (Å²) in [6.45, 7) is 5.21. The molecule has 2 aromatic carbocycles. The second-order valence-electron chi connectivity index (χ2n) is 7.37. The van der Waals surface area contributed by atoms with Crippen LogP contribution >= 0.6 is 0 Å². The monoisotopic (exact) mass is 448 g/mol. The number of nitrogens with one attached hydrogen (secondary N) is 1. The summed E-state index contributed by atoms with van der Waals surface area (Å²) in [7, 11) is -0.950. The molecule has 9 heteroatoms. The SMILES string of the molecule is COc1ccc(C(=O)OC(C)C(=O)N(C)Cc2ccccc2)cc1S(=O)(=O)NC(C)C. The van der Waals surface area contributed by atoms with E-state index in [9.17, 15) is 18.0 Å². The number of esters is 1. The van der Waals surface area contributed by atoms with E-state index in [1.54, 1.807) is 20.9 Å². The van der Waals surface area contributed by atoms with Gasteiger partial charge in [-0.05, 0) is 44.5 Å². The molecule has 0 saturated carbocycles. The van der Waals surface area contributed by atoms with Crippen molar-refractivity contribution >= 4 is 21.9 Å². The molecule has 1 N–H and O–H groups in total. The molecule has 0 aliphatic rings. The standard InChI is InChI=1S/C22H28N2O6S/c1-15(2)23-31(27,28)20-13-18(11-12-19(20)29-5)22(26)30-16(3)21(25)24(4)14-17-9-7-6-8-10-17/h6-13,15-16,23H,14H2,1-5H3. The van der Waals surface area contributed by atoms with Gasteiger partial charge in [-0.2, -0.15) is 0 Å². The number of nitrogens with zero attached hydrogens (tertiary/aromatic N) is 1. The summed E-state index contributed by atoms with van der Waals surface area (Å²) in [4.78, 5) is 26.5. The van der Waals surface area contributed by atoms with Crippen molar-refractivity contribution in [3.63, 3.8) is 0 Å². The van der Waals surface area contributed by atoms with E-state index >= 15 is 0 Å². The van der Waals surface area contributed by atoms with Gasteiger partial charge in [0.2, 0.25) is 10.0 Å². The molecule has 0 heterocycles. The fourth-order valence-corrected chi connectivity index (χ4v) is 4.36. The van der Waals surface area contributed by atoms with Crippen LogP contribution in [0.1, 0.15) is 36.7 Å². The highest BCUT2D eigenvalue weighted by molar-refractivity contribution is 7.89. The Labute approximate surface area is 183 Å². The molecule has 0 bridgehead atoms. The number of amides is 1. The van der Waals surface area contributed by atoms with Gasteiger partial charge in [-0.1, -0.05) is 30.3 Å². The Kier molecular flexibility index (Phi) is 8.18. The van der Waals surface area contributed by atoms with Crippen molar-refractivity contribution < 1.29 is 27.5 Å². The summed E-state index contributed by atoms with van der Waals surface area (Å²) in [5, 5.41) is 0. The van der Waals surface area contributed by atoms with Gasteiger partial charge in [0.1, 0.15) is 10.6 Å². The van der Waals surface area contributed by atoms with Gasteiger partial charge in [0, 0.05) is 19.6 Å². The number of rotatable bonds is 9. The number of carbonyl (C=O) groups excluding carboxylic acids is 2. The molecule has 8 nitrogen and oxygen atoms in total. The fraction of sp³-hybridized carbons (Fsp3) is 0.364. The van der Waals surface area contributed by atoms with Crippen LogP contribution in [0.5, 0.6) is 5.75 Å². The first-order valence-corrected chi connectivity index (χ1v) is 11.2. The Hall–Kier alpha value is -2.91. The highest BCUT2D eigenvalue weighted by Gasteiger charge is 2.26. The van der Waals surface area contributed by atoms with Gasteiger partial charge in [0.05, 0.1) is 12.7 Å². The van der Waals surface area contributed by atoms with Crippen LogP contribution in [0.4, 0.5) is 0 Å². The third kappa shape index (κ3) is 6.53. The Balaban J connectivity index is 2.15. The van der Waals surface area contributed by atoms with Crippen LogP contribution in [0.15, 0.2) is 53.4 Å². The quantitative estimate of drug-likeness (QED) is 0.592. The van der Waals surface area contributed by atoms with Crippen LogP contribution in [-0.4, -0.2) is 51.5 Å². The maximum Gasteiger partial charge on any atom is 0.338 e. The molecule has 1 unspecified atom stereocenters. The van der Waals surface area contributed by atoms with E-state index in [1.165, 1.54) is 37.1 Å². The minimum Gasteiger partial charge on any atom is -0.495 e. The Morgan fingerprint density at radius 3 is 2.29 bits per heavy atom. The van der Waals surface area contributed by atoms with Crippen molar-refractivity contribution in [2.24, 2.45) is 0 Å². The maximum absolute atomic E-state index is 12.6. The van der Waals surface area contributed by atoms with E-state index < -0.39 is 22.1 Å². The molecule has 0 aliphatic heterocycles. The third-order valence-electron chi connectivity index (χ3n) is 4.35. The minimum absolute atomic E-state index is 0.00436. The highest BCUT2D eigenvalue weighted by atomic mass is 32.2. The molecule has 2 rings (SSSR count). The molecule has 2 aromatic rings. The van der Waals surface area contributed by atoms with Crippen LogP contribution < -0.4 is 9.46 Å². The van der Waals surface area contributed by atoms with Crippen molar-refractivity contribution in [2.45, 2.75) is 44.4 Å². The van der Waals surface area contributed by atoms with E-state index in [0.29, 0.717) is 6.54 Å². The fourth-order valence-electron chi connectivity index (χ4n) is 2.91. The van der Waals surface area contributed by atoms with Crippen LogP contribution in [0.25, 0.3) is 0 Å². The van der Waals surface area contributed by atoms with E-state index in [4.69, 9.17) is 9.47 Å². The van der Waals surface area contributed by atoms with E-state index in [2.05, 4.69) is 4.72 Å². The number of ether oxygens (including phenoxy) is 2. The molecule has 0 aromatic heterocycles. The topological polar surface area (TPSA) is 102 Å². The predicted octanol–water partition coefficient (Wildman–Crippen LogP) is 2.59. The Morgan fingerprint density at radius 2 is 1.71 bits per heavy atom. The van der Waals surface area contributed by atoms with E-state index in [0.717, 1.165) is 5.56 Å². The molecule has 0 aliphatic carbocycles. The average Bonchev–Trinajstić information content (AvgIpc) is 2.72. The lowest BCUT2D eigenvalue weighted by Crippen LogP contribution is -2.37. The number of hydrogen-bond donors (Lipinski definition) is 1. The molecular formula is C22H28N2O6S. The number of benzene rings is 2. The molecule has 1 atom stereocenters. The first-order valence-electron chi connectivity index (χ1n) is 9.75. The molecule has 0 fully saturated rings. The molecule has 0 saturated heterocycles. The van der Waals surface area contributed by atoms with Gasteiger partial charge in [-0.25, -0.2) is 17.9 Å². The van der Waals surface area contributed by atoms with Gasteiger partial charge < -0.3 is 14.4 Å². The number of likely N-dealkylation sites (N-methyl/N-ethyl adjacent to an activating group) is 1. The zero-order valence-electron chi connectivity index (χ0n) is 18.3. The first kappa shape index (κ1) is 24.4. The summed E-state index contributed by atoms with van der Waals surface area (Å²) in [5.74, 6) is -1.09. The smallest absolute Gasteiger partial charge is 0.338 e. The van der Waals surface area contributed by atoms with Crippen LogP contribution in [0, 0.1) is 0 Å². The Bertz CT molecular complexity index is 1020. The summed E-state index contributed by atoms with van der Waals surface area (Å²) >= 11 is 0. The second kappa shape index (κ2) is 10.4. The largest absolute Gasteiger partial charge is 0.495 e. The minimum atomic E-state index is -3.91. The van der Waals surface area contributed by atoms with Gasteiger partial charge in [0.25, 0.3) is 5.91 Å². The van der Waals surface area contributed by atoms with E-state index in [-0.39, 0.29) is 28.2 Å². The number of sulfonamides is 1. The molecule has 1 amide bonds. The van der Waals surface area contributed by atoms with Crippen molar-refractivity contribution in [3.8, 4) is 5.75 Å². The molecule has 0 spiro atoms. The molecule has 0 radical (unpaired) electrons. The number of methoxy groups -OCH3 is 1. The second-order valence-corrected chi connectivity index (χ2v) is 9.05. The zero-order chi connectivity index (χ0) is 23.2. The first-order chi connectivity index (χ1) is 14.5. The Morgan fingerprint density at radius 1 is 1.06 bits per heavy atom. The number of carbonyl (C=O) groups is 2. The van der Waals surface area contributed by atoms with Gasteiger partial charge >= 0.3 is 5.97 Å². The van der Waals surface area contributed by atoms with Gasteiger partial charge in [-0.15, -0.1) is 0 Å². The van der Waals surface area contributed by atoms with Crippen LogP contribution in [0.2, 0.25) is 0 Å². The predicted molar refractivity (Wildman–Crippen MR) is 116 cm³/mol. The lowest BCUT2D eigenvalue weighted by atomic mass is 10.2. The molecule has 168 valence electrons. The van der Waals surface area contributed by atoms with E-state index in [1.807, 2.05) is 30.3 Å². The lowest BCUT2D eigenvalue weighted by Gasteiger charge is -2.22. The summed E-state index contributed by atoms with van der Waals surface area (Å²) in [6.07, 6.45) is -1.04. The lowest BCUT2D eigenvalue weighted by molar-refractivity contribution is -0.139. The summed E-state index contributed by atoms with van der Waals surface area (Å²) < 4.78 is 38.0. The normalized spacial score (nSPS) is 12.3. The molecule has 31 heavy (non-hydrogen) atoms. The maximum atomic E-state index is 12.6. The van der Waals surface area contributed by atoms with Crippen LogP contribution in [0.3, 0.4) is 0 Å². The van der Waals surface area contributed by atoms with Crippen molar-refractivity contribution in [3.05, 3.63) is 59.7 Å². The zero-order valence-corrected chi connectivity index (χ0v) is 19.1. The highest BCUT2D eigenvalue weighted by Crippen LogP contribution is 2.25. The van der Waals surface area contributed by atoms with Crippen molar-refractivity contribution in [1.82, 2.24) is 9.62 Å². The van der Waals surface area contributed by atoms with Crippen molar-refractivity contribution in [1.29, 1.82) is 0 Å². The van der Waals surface area contributed by atoms with Crippen LogP contribution in [-0.2, 0) is 26.1 Å². The van der Waals surface area contributed by atoms with Gasteiger partial charge in [-0.3, -0.25) is 4.79 Å². The van der Waals surface area contributed by atoms with Gasteiger partial charge in [0.15, 0.2) is 6.10 Å².